The van der Waals surface area contributed by atoms with E-state index in [1.165, 1.54) is 6.04 Å². The Morgan fingerprint density at radius 2 is 2.00 bits per heavy atom. The molecule has 0 N–H and O–H groups in total. The second-order valence-electron chi connectivity index (χ2n) is 5.57. The maximum absolute atomic E-state index is 5.68. The van der Waals surface area contributed by atoms with Gasteiger partial charge in [0, 0.05) is 13.5 Å². The van der Waals surface area contributed by atoms with E-state index in [-0.39, 0.29) is 0 Å². The van der Waals surface area contributed by atoms with Crippen molar-refractivity contribution in [3.8, 4) is 0 Å². The van der Waals surface area contributed by atoms with Crippen LogP contribution >= 0.6 is 0 Å². The molecule has 0 aliphatic heterocycles. The smallest absolute Gasteiger partial charge is 0.116 e. The Kier molecular flexibility index (Phi) is 3.52. The minimum Gasteiger partial charge on any atom is -0.396 e. The average Bonchev–Trinajstić information content (AvgIpc) is 2.67. The van der Waals surface area contributed by atoms with E-state index in [1.54, 1.807) is 4.85 Å². The van der Waals surface area contributed by atoms with Crippen molar-refractivity contribution in [2.45, 2.75) is 32.1 Å². The van der Waals surface area contributed by atoms with Gasteiger partial charge in [0.2, 0.25) is 0 Å². The summed E-state index contributed by atoms with van der Waals surface area (Å²) < 4.78 is 0. The lowest BCUT2D eigenvalue weighted by atomic mass is 10.3. The summed E-state index contributed by atoms with van der Waals surface area (Å²) in [5.74, 6) is 0. The highest BCUT2D eigenvalue weighted by molar-refractivity contribution is 6.76. The van der Waals surface area contributed by atoms with Gasteiger partial charge in [-0.2, -0.15) is 0 Å². The van der Waals surface area contributed by atoms with Gasteiger partial charge >= 0.3 is 0 Å². The second kappa shape index (κ2) is 4.92. The van der Waals surface area contributed by atoms with Crippen molar-refractivity contribution in [3.05, 3.63) is 30.5 Å². The van der Waals surface area contributed by atoms with Gasteiger partial charge in [0.1, 0.15) is 12.1 Å². The molecule has 0 fully saturated rings. The average molecular weight is 248 g/mol. The largest absolute Gasteiger partial charge is 0.396 e. The van der Waals surface area contributed by atoms with E-state index in [0.29, 0.717) is 0 Å². The summed E-state index contributed by atoms with van der Waals surface area (Å²) in [6, 6.07) is 9.39. The van der Waals surface area contributed by atoms with Crippen LogP contribution in [0.2, 0.25) is 25.7 Å². The molecule has 0 spiro atoms. The summed E-state index contributed by atoms with van der Waals surface area (Å²) in [5, 5.41) is 5.36. The SMILES string of the molecule is C[Si](C)(C)CCCOn1ncc2ccccc21. The fraction of sp³-hybridized carbons (Fsp3) is 0.462. The Morgan fingerprint density at radius 3 is 2.76 bits per heavy atom. The molecule has 1 heterocycles. The molecule has 0 unspecified atom stereocenters. The molecule has 0 radical (unpaired) electrons. The van der Waals surface area contributed by atoms with Crippen LogP contribution in [0.25, 0.3) is 10.9 Å². The normalized spacial score (nSPS) is 11.9. The van der Waals surface area contributed by atoms with Crippen LogP contribution < -0.4 is 4.84 Å². The van der Waals surface area contributed by atoms with Gasteiger partial charge in [-0.05, 0) is 12.5 Å². The number of nitrogens with zero attached hydrogens (tertiary/aromatic N) is 2. The summed E-state index contributed by atoms with van der Waals surface area (Å²) in [6.45, 7) is 7.90. The third kappa shape index (κ3) is 3.33. The number of para-hydroxylation sites is 1. The van der Waals surface area contributed by atoms with Crippen molar-refractivity contribution in [1.29, 1.82) is 0 Å². The molecule has 3 nitrogen and oxygen atoms in total. The first kappa shape index (κ1) is 12.2. The van der Waals surface area contributed by atoms with Crippen molar-refractivity contribution in [2.24, 2.45) is 0 Å². The molecule has 92 valence electrons. The Morgan fingerprint density at radius 1 is 1.24 bits per heavy atom. The number of rotatable bonds is 5. The zero-order valence-electron chi connectivity index (χ0n) is 10.8. The minimum atomic E-state index is -0.943. The van der Waals surface area contributed by atoms with Crippen LogP contribution in [0, 0.1) is 0 Å². The number of hydrogen-bond donors (Lipinski definition) is 0. The van der Waals surface area contributed by atoms with Gasteiger partial charge in [0.05, 0.1) is 6.20 Å². The van der Waals surface area contributed by atoms with Crippen LogP contribution in [-0.2, 0) is 0 Å². The summed E-state index contributed by atoms with van der Waals surface area (Å²) in [7, 11) is -0.943. The summed E-state index contributed by atoms with van der Waals surface area (Å²) in [4.78, 5) is 7.32. The molecule has 0 aliphatic carbocycles. The number of benzene rings is 1. The van der Waals surface area contributed by atoms with Crippen LogP contribution in [0.3, 0.4) is 0 Å². The van der Waals surface area contributed by atoms with E-state index in [1.807, 2.05) is 30.5 Å². The van der Waals surface area contributed by atoms with Crippen LogP contribution in [0.1, 0.15) is 6.42 Å². The highest BCUT2D eigenvalue weighted by atomic mass is 28.3. The van der Waals surface area contributed by atoms with Crippen molar-refractivity contribution < 1.29 is 4.84 Å². The van der Waals surface area contributed by atoms with E-state index in [9.17, 15) is 0 Å². The molecule has 2 rings (SSSR count). The Bertz CT molecular complexity index is 487. The molecule has 1 aromatic heterocycles. The standard InChI is InChI=1S/C13H20N2OSi/c1-17(2,3)10-6-9-16-15-13-8-5-4-7-12(13)11-14-15/h4-5,7-8,11H,6,9-10H2,1-3H3. The highest BCUT2D eigenvalue weighted by Crippen LogP contribution is 2.12. The predicted molar refractivity (Wildman–Crippen MR) is 74.0 cm³/mol. The van der Waals surface area contributed by atoms with Crippen LogP contribution in [0.15, 0.2) is 30.5 Å². The van der Waals surface area contributed by atoms with Crippen molar-refractivity contribution in [1.82, 2.24) is 9.94 Å². The van der Waals surface area contributed by atoms with Gasteiger partial charge in [-0.3, -0.25) is 0 Å². The molecule has 0 amide bonds. The summed E-state index contributed by atoms with van der Waals surface area (Å²) in [5.41, 5.74) is 1.04. The number of hydrogen-bond acceptors (Lipinski definition) is 2. The van der Waals surface area contributed by atoms with Gasteiger partial charge in [-0.1, -0.05) is 48.7 Å². The van der Waals surface area contributed by atoms with Gasteiger partial charge < -0.3 is 4.84 Å². The van der Waals surface area contributed by atoms with Gasteiger partial charge in [-0.25, -0.2) is 0 Å². The van der Waals surface area contributed by atoms with Gasteiger partial charge in [-0.15, -0.1) is 5.10 Å². The van der Waals surface area contributed by atoms with E-state index in [0.717, 1.165) is 23.9 Å². The van der Waals surface area contributed by atoms with Crippen molar-refractivity contribution >= 4 is 19.0 Å². The lowest BCUT2D eigenvalue weighted by Gasteiger charge is -2.15. The van der Waals surface area contributed by atoms with Crippen molar-refractivity contribution in [2.75, 3.05) is 6.61 Å². The first-order valence-electron chi connectivity index (χ1n) is 6.12. The Balaban J connectivity index is 1.91. The molecule has 1 aromatic carbocycles. The van der Waals surface area contributed by atoms with E-state index in [4.69, 9.17) is 4.84 Å². The summed E-state index contributed by atoms with van der Waals surface area (Å²) >= 11 is 0. The topological polar surface area (TPSA) is 27.1 Å². The Labute approximate surface area is 103 Å². The van der Waals surface area contributed by atoms with E-state index in [2.05, 4.69) is 24.7 Å². The molecule has 0 atom stereocenters. The van der Waals surface area contributed by atoms with E-state index >= 15 is 0 Å². The first-order valence-corrected chi connectivity index (χ1v) is 9.83. The molecule has 0 aliphatic rings. The maximum atomic E-state index is 5.68. The molecule has 17 heavy (non-hydrogen) atoms. The fourth-order valence-corrected chi connectivity index (χ4v) is 3.01. The predicted octanol–water partition coefficient (Wildman–Crippen LogP) is 3.19. The van der Waals surface area contributed by atoms with Crippen molar-refractivity contribution in [3.63, 3.8) is 0 Å². The van der Waals surface area contributed by atoms with Gasteiger partial charge in [0.25, 0.3) is 0 Å². The minimum absolute atomic E-state index is 0.746. The van der Waals surface area contributed by atoms with Gasteiger partial charge in [0.15, 0.2) is 0 Å². The third-order valence-corrected chi connectivity index (χ3v) is 4.58. The summed E-state index contributed by atoms with van der Waals surface area (Å²) in [6.07, 6.45) is 2.96. The van der Waals surface area contributed by atoms with Crippen LogP contribution in [0.5, 0.6) is 0 Å². The number of fused-ring (bicyclic) bond motifs is 1. The molecular formula is C13H20N2OSi. The third-order valence-electron chi connectivity index (χ3n) is 2.73. The van der Waals surface area contributed by atoms with Crippen LogP contribution in [-0.4, -0.2) is 24.6 Å². The Hall–Kier alpha value is -1.29. The second-order valence-corrected chi connectivity index (χ2v) is 11.2. The monoisotopic (exact) mass is 248 g/mol. The molecule has 0 saturated carbocycles. The molecule has 0 saturated heterocycles. The molecule has 2 aromatic rings. The molecule has 0 bridgehead atoms. The van der Waals surface area contributed by atoms with E-state index < -0.39 is 8.07 Å². The zero-order valence-corrected chi connectivity index (χ0v) is 11.8. The van der Waals surface area contributed by atoms with Crippen LogP contribution in [0.4, 0.5) is 0 Å². The maximum Gasteiger partial charge on any atom is 0.116 e. The molecular weight excluding hydrogens is 228 g/mol. The number of aromatic nitrogens is 2. The lowest BCUT2D eigenvalue weighted by Crippen LogP contribution is -2.22. The quantitative estimate of drug-likeness (QED) is 0.600. The lowest BCUT2D eigenvalue weighted by molar-refractivity contribution is 0.0922. The highest BCUT2D eigenvalue weighted by Gasteiger charge is 2.12. The fourth-order valence-electron chi connectivity index (χ4n) is 1.80. The first-order chi connectivity index (χ1) is 8.06. The zero-order chi connectivity index (χ0) is 12.3. The molecule has 4 heteroatoms.